The molecule has 96 valence electrons. The van der Waals surface area contributed by atoms with Crippen LogP contribution >= 0.6 is 15.9 Å². The SMILES string of the molecule is O=C(NC1CC2CCC1O2)c1ccc(Br)cc1O. The Kier molecular flexibility index (Phi) is 3.03. The van der Waals surface area contributed by atoms with Crippen LogP contribution < -0.4 is 5.32 Å². The van der Waals surface area contributed by atoms with Gasteiger partial charge in [-0.2, -0.15) is 0 Å². The molecule has 1 amide bonds. The molecule has 2 N–H and O–H groups in total. The number of phenolic OH excluding ortho intramolecular Hbond substituents is 1. The maximum absolute atomic E-state index is 12.1. The molecule has 18 heavy (non-hydrogen) atoms. The summed E-state index contributed by atoms with van der Waals surface area (Å²) >= 11 is 3.25. The van der Waals surface area contributed by atoms with Gasteiger partial charge in [-0.1, -0.05) is 15.9 Å². The minimum absolute atomic E-state index is 0.00838. The predicted molar refractivity (Wildman–Crippen MR) is 69.6 cm³/mol. The Balaban J connectivity index is 1.71. The molecule has 2 aliphatic heterocycles. The van der Waals surface area contributed by atoms with Crippen LogP contribution in [0.3, 0.4) is 0 Å². The van der Waals surface area contributed by atoms with E-state index < -0.39 is 0 Å². The Morgan fingerprint density at radius 3 is 2.89 bits per heavy atom. The number of carbonyl (C=O) groups is 1. The zero-order valence-corrected chi connectivity index (χ0v) is 11.3. The molecule has 1 aromatic carbocycles. The maximum atomic E-state index is 12.1. The van der Waals surface area contributed by atoms with Crippen molar-refractivity contribution < 1.29 is 14.6 Å². The number of carbonyl (C=O) groups excluding carboxylic acids is 1. The van der Waals surface area contributed by atoms with Gasteiger partial charge in [0.05, 0.1) is 23.8 Å². The van der Waals surface area contributed by atoms with Crippen LogP contribution in [0.4, 0.5) is 0 Å². The number of benzene rings is 1. The standard InChI is InChI=1S/C13H14BrNO3/c14-7-1-3-9(11(16)5-7)13(17)15-10-6-8-2-4-12(10)18-8/h1,3,5,8,10,12,16H,2,4,6H2,(H,15,17). The van der Waals surface area contributed by atoms with Crippen LogP contribution in [0.15, 0.2) is 22.7 Å². The largest absolute Gasteiger partial charge is 0.507 e. The first-order valence-electron chi connectivity index (χ1n) is 6.08. The van der Waals surface area contributed by atoms with Crippen molar-refractivity contribution in [2.45, 2.75) is 37.5 Å². The fourth-order valence-corrected chi connectivity index (χ4v) is 3.08. The number of halogens is 1. The molecule has 0 aliphatic carbocycles. The summed E-state index contributed by atoms with van der Waals surface area (Å²) in [7, 11) is 0. The first-order valence-corrected chi connectivity index (χ1v) is 6.87. The summed E-state index contributed by atoms with van der Waals surface area (Å²) in [6.45, 7) is 0. The lowest BCUT2D eigenvalue weighted by Gasteiger charge is -2.20. The molecule has 0 radical (unpaired) electrons. The van der Waals surface area contributed by atoms with Gasteiger partial charge in [0.2, 0.25) is 0 Å². The molecule has 0 spiro atoms. The first-order chi connectivity index (χ1) is 8.63. The number of ether oxygens (including phenoxy) is 1. The fraction of sp³-hybridized carbons (Fsp3) is 0.462. The third kappa shape index (κ3) is 2.12. The second-order valence-corrected chi connectivity index (χ2v) is 5.77. The van der Waals surface area contributed by atoms with Crippen molar-refractivity contribution in [1.29, 1.82) is 0 Å². The van der Waals surface area contributed by atoms with E-state index >= 15 is 0 Å². The predicted octanol–water partition coefficient (Wildman–Crippen LogP) is 2.20. The lowest BCUT2D eigenvalue weighted by Crippen LogP contribution is -2.41. The summed E-state index contributed by atoms with van der Waals surface area (Å²) in [6, 6.07) is 4.96. The number of phenols is 1. The Hall–Kier alpha value is -1.07. The number of hydrogen-bond donors (Lipinski definition) is 2. The van der Waals surface area contributed by atoms with Gasteiger partial charge < -0.3 is 15.2 Å². The number of aromatic hydroxyl groups is 1. The van der Waals surface area contributed by atoms with Gasteiger partial charge in [-0.05, 0) is 37.5 Å². The third-order valence-electron chi connectivity index (χ3n) is 3.63. The zero-order valence-electron chi connectivity index (χ0n) is 9.73. The van der Waals surface area contributed by atoms with Gasteiger partial charge in [0, 0.05) is 4.47 Å². The molecule has 2 heterocycles. The second kappa shape index (κ2) is 4.55. The number of rotatable bonds is 2. The van der Waals surface area contributed by atoms with Gasteiger partial charge in [0.1, 0.15) is 5.75 Å². The van der Waals surface area contributed by atoms with Crippen molar-refractivity contribution in [2.24, 2.45) is 0 Å². The van der Waals surface area contributed by atoms with Crippen LogP contribution in [-0.4, -0.2) is 29.3 Å². The number of nitrogens with one attached hydrogen (secondary N) is 1. The molecule has 5 heteroatoms. The summed E-state index contributed by atoms with van der Waals surface area (Å²) in [5.74, 6) is -0.243. The van der Waals surface area contributed by atoms with Crippen LogP contribution in [-0.2, 0) is 4.74 Å². The van der Waals surface area contributed by atoms with Crippen molar-refractivity contribution in [1.82, 2.24) is 5.32 Å². The summed E-state index contributed by atoms with van der Waals surface area (Å²) < 4.78 is 6.44. The van der Waals surface area contributed by atoms with Crippen molar-refractivity contribution in [2.75, 3.05) is 0 Å². The molecule has 2 aliphatic rings. The average Bonchev–Trinajstić information content (AvgIpc) is 2.90. The van der Waals surface area contributed by atoms with Gasteiger partial charge in [-0.25, -0.2) is 0 Å². The van der Waals surface area contributed by atoms with Gasteiger partial charge >= 0.3 is 0 Å². The smallest absolute Gasteiger partial charge is 0.255 e. The minimum atomic E-state index is -0.235. The molecule has 0 saturated carbocycles. The van der Waals surface area contributed by atoms with E-state index in [0.717, 1.165) is 23.7 Å². The number of fused-ring (bicyclic) bond motifs is 2. The number of amides is 1. The molecule has 3 unspecified atom stereocenters. The molecular formula is C13H14BrNO3. The van der Waals surface area contributed by atoms with Crippen molar-refractivity contribution in [3.05, 3.63) is 28.2 Å². The second-order valence-electron chi connectivity index (χ2n) is 4.85. The molecule has 0 aromatic heterocycles. The van der Waals surface area contributed by atoms with Crippen LogP contribution in [0, 0.1) is 0 Å². The summed E-state index contributed by atoms with van der Waals surface area (Å²) in [4.78, 5) is 12.1. The van der Waals surface area contributed by atoms with Crippen LogP contribution in [0.2, 0.25) is 0 Å². The molecule has 3 rings (SSSR count). The highest BCUT2D eigenvalue weighted by molar-refractivity contribution is 9.10. The Morgan fingerprint density at radius 2 is 2.28 bits per heavy atom. The summed E-state index contributed by atoms with van der Waals surface area (Å²) in [5.41, 5.74) is 0.306. The van der Waals surface area contributed by atoms with E-state index in [0.29, 0.717) is 11.7 Å². The highest BCUT2D eigenvalue weighted by Crippen LogP contribution is 2.34. The van der Waals surface area contributed by atoms with Crippen molar-refractivity contribution >= 4 is 21.8 Å². The van der Waals surface area contributed by atoms with E-state index in [4.69, 9.17) is 4.74 Å². The molecule has 1 aromatic rings. The van der Waals surface area contributed by atoms with Gasteiger partial charge in [-0.15, -0.1) is 0 Å². The van der Waals surface area contributed by atoms with Crippen LogP contribution in [0.25, 0.3) is 0 Å². The zero-order chi connectivity index (χ0) is 12.7. The van der Waals surface area contributed by atoms with E-state index in [1.165, 1.54) is 6.07 Å². The van der Waals surface area contributed by atoms with E-state index in [9.17, 15) is 9.90 Å². The van der Waals surface area contributed by atoms with E-state index in [1.807, 2.05) is 0 Å². The molecular weight excluding hydrogens is 298 g/mol. The molecule has 2 saturated heterocycles. The lowest BCUT2D eigenvalue weighted by atomic mass is 9.95. The van der Waals surface area contributed by atoms with Crippen LogP contribution in [0.1, 0.15) is 29.6 Å². The highest BCUT2D eigenvalue weighted by Gasteiger charge is 2.41. The molecule has 3 atom stereocenters. The van der Waals surface area contributed by atoms with Gasteiger partial charge in [0.25, 0.3) is 5.91 Å². The topological polar surface area (TPSA) is 58.6 Å². The average molecular weight is 312 g/mol. The highest BCUT2D eigenvalue weighted by atomic mass is 79.9. The third-order valence-corrected chi connectivity index (χ3v) is 4.12. The number of hydrogen-bond acceptors (Lipinski definition) is 3. The summed E-state index contributed by atoms with van der Waals surface area (Å²) in [6.07, 6.45) is 3.45. The molecule has 2 fully saturated rings. The molecule has 4 nitrogen and oxygen atoms in total. The molecule has 2 bridgehead atoms. The van der Waals surface area contributed by atoms with Crippen molar-refractivity contribution in [3.8, 4) is 5.75 Å². The quantitative estimate of drug-likeness (QED) is 0.880. The summed E-state index contributed by atoms with van der Waals surface area (Å²) in [5, 5.41) is 12.7. The maximum Gasteiger partial charge on any atom is 0.255 e. The lowest BCUT2D eigenvalue weighted by molar-refractivity contribution is 0.0839. The normalized spacial score (nSPS) is 29.5. The monoisotopic (exact) mass is 311 g/mol. The Bertz CT molecular complexity index is 491. The van der Waals surface area contributed by atoms with E-state index in [1.54, 1.807) is 12.1 Å². The van der Waals surface area contributed by atoms with Gasteiger partial charge in [0.15, 0.2) is 0 Å². The Labute approximate surface area is 113 Å². The Morgan fingerprint density at radius 1 is 1.44 bits per heavy atom. The minimum Gasteiger partial charge on any atom is -0.507 e. The fourth-order valence-electron chi connectivity index (χ4n) is 2.73. The van der Waals surface area contributed by atoms with Gasteiger partial charge in [-0.3, -0.25) is 4.79 Å². The van der Waals surface area contributed by atoms with Crippen LogP contribution in [0.5, 0.6) is 5.75 Å². The van der Waals surface area contributed by atoms with Crippen molar-refractivity contribution in [3.63, 3.8) is 0 Å². The first kappa shape index (κ1) is 12.0. The van der Waals surface area contributed by atoms with E-state index in [2.05, 4.69) is 21.2 Å². The van der Waals surface area contributed by atoms with E-state index in [-0.39, 0.29) is 23.8 Å².